The van der Waals surface area contributed by atoms with Gasteiger partial charge in [0.1, 0.15) is 22.8 Å². The fraction of sp³-hybridized carbons (Fsp3) is 0.132. The molecule has 6 aromatic heterocycles. The maximum atomic E-state index is 11.7. The number of allylic oxidation sites excluding steroid dienone is 9. The van der Waals surface area contributed by atoms with E-state index < -0.39 is 0 Å². The summed E-state index contributed by atoms with van der Waals surface area (Å²) >= 11 is 0. The zero-order valence-electron chi connectivity index (χ0n) is 53.7. The van der Waals surface area contributed by atoms with E-state index >= 15 is 0 Å². The van der Waals surface area contributed by atoms with Gasteiger partial charge in [-0.05, 0) is 174 Å². The highest BCUT2D eigenvalue weighted by atomic mass is 16.5. The van der Waals surface area contributed by atoms with Crippen LogP contribution < -0.4 is 35.7 Å². The highest BCUT2D eigenvalue weighted by Gasteiger charge is 2.19. The molecule has 0 bridgehead atoms. The molecule has 6 N–H and O–H groups in total. The van der Waals surface area contributed by atoms with Crippen LogP contribution in [0.1, 0.15) is 23.0 Å². The van der Waals surface area contributed by atoms with Gasteiger partial charge in [0.05, 0.1) is 58.7 Å². The number of fused-ring (bicyclic) bond motifs is 1. The van der Waals surface area contributed by atoms with Gasteiger partial charge in [0.25, 0.3) is 0 Å². The number of benzene rings is 2. The average Bonchev–Trinajstić information content (AvgIpc) is 0.820. The van der Waals surface area contributed by atoms with E-state index in [-0.39, 0.29) is 47.5 Å². The van der Waals surface area contributed by atoms with E-state index in [0.717, 1.165) is 31.3 Å². The van der Waals surface area contributed by atoms with E-state index in [0.29, 0.717) is 79.2 Å². The van der Waals surface area contributed by atoms with Crippen molar-refractivity contribution in [2.75, 3.05) is 64.3 Å². The first-order valence-corrected chi connectivity index (χ1v) is 29.7. The Kier molecular flexibility index (Phi) is 27.5. The summed E-state index contributed by atoms with van der Waals surface area (Å²) in [6.07, 6.45) is 23.7. The van der Waals surface area contributed by atoms with Crippen molar-refractivity contribution in [3.63, 3.8) is 0 Å². The molecule has 98 heavy (non-hydrogen) atoms. The number of nitrogens with one attached hydrogen (secondary N) is 1. The molecule has 30 heteroatoms. The lowest BCUT2D eigenvalue weighted by atomic mass is 10.00. The van der Waals surface area contributed by atoms with Crippen molar-refractivity contribution in [1.82, 2.24) is 24.1 Å². The fourth-order valence-corrected chi connectivity index (χ4v) is 8.08. The Balaban J connectivity index is 0.000000173. The third-order valence-electron chi connectivity index (χ3n) is 13.0. The topological polar surface area (TPSA) is 386 Å². The van der Waals surface area contributed by atoms with Crippen molar-refractivity contribution in [3.8, 4) is 0 Å². The van der Waals surface area contributed by atoms with Gasteiger partial charge in [0.2, 0.25) is 11.7 Å². The van der Waals surface area contributed by atoms with E-state index in [2.05, 4.69) is 61.0 Å². The monoisotopic (exact) mass is 1320 g/mol. The predicted octanol–water partition coefficient (Wildman–Crippen LogP) is 7.62. The smallest absolute Gasteiger partial charge is 0.353 e. The first kappa shape index (κ1) is 72.1. The van der Waals surface area contributed by atoms with Gasteiger partial charge in [-0.25, -0.2) is 14.5 Å². The molecule has 500 valence electrons. The number of hydrogen-bond donors (Lipinski definition) is 6. The van der Waals surface area contributed by atoms with Crippen molar-refractivity contribution in [2.45, 2.75) is 6.92 Å². The maximum absolute atomic E-state index is 11.7. The van der Waals surface area contributed by atoms with Crippen molar-refractivity contribution in [2.24, 2.45) is 56.1 Å². The standard InChI is InChI=1S/C15H17N5O2.C15H18N4O3.C14H10N4O2.C13H14N4O.C11H10N4O/c1-11(21)16-14-10-12(19(2)3)7-8-13(14)17-18-15-6-4-5-9-20(15)22;20-11-9-18(10-12-21)14-6-4-13(5-7-14)16-17-15-3-1-2-8-19(15)22;19-12-7-6-11(10-4-3-8-15-14(10)12)16-17-13-5-1-2-9-18(13)20;1-16(2)12-8-6-11(7-9-12)14-15-13-5-3-4-10-17(13)18;12-9-4-6-10(7-5-9)13-14-11-3-1-2-8-15(11)16/h4-10,22H,1-3H3;1-8,20-21H,9-12H2;1-9,20H;3-10H,1-2H3;1-8,12,16H. The minimum Gasteiger partial charge on any atom is -0.710 e. The number of aliphatic hydroxyl groups is 2. The van der Waals surface area contributed by atoms with Crippen LogP contribution in [0.4, 0.5) is 34.4 Å². The second kappa shape index (κ2) is 37.4. The lowest BCUT2D eigenvalue weighted by Gasteiger charge is -2.22. The van der Waals surface area contributed by atoms with Crippen LogP contribution >= 0.6 is 0 Å². The summed E-state index contributed by atoms with van der Waals surface area (Å²) in [5.74, 6) is 0.0173. The van der Waals surface area contributed by atoms with Gasteiger partial charge >= 0.3 is 11.6 Å². The van der Waals surface area contributed by atoms with Crippen molar-refractivity contribution in [3.05, 3.63) is 287 Å². The lowest BCUT2D eigenvalue weighted by molar-refractivity contribution is -0.592. The summed E-state index contributed by atoms with van der Waals surface area (Å²) < 4.78 is 3.94. The Morgan fingerprint density at radius 1 is 0.520 bits per heavy atom. The number of aromatic nitrogens is 6. The molecule has 0 saturated carbocycles. The number of likely N-dealkylation sites (N-methyl/N-ethyl adjacent to an activating group) is 1. The van der Waals surface area contributed by atoms with Crippen LogP contribution in [-0.4, -0.2) is 145 Å². The largest absolute Gasteiger partial charge is 0.710 e. The molecular formula is C68H69N21O9. The Labute approximate surface area is 561 Å². The molecule has 30 nitrogen and oxygen atoms in total. The maximum Gasteiger partial charge on any atom is 0.353 e. The SMILES string of the molecule is CC(=O)N=C1C=C(N(C)C)C=CC1=NN=c1ccccn1O.CN(C)c1ccc(N=Nc2cccc[n+]2[O-])cc1.N=C1C=CC(=NN=c2ccccn2O)C=C1.O=C1C=CC(=NN=c2ccccn2O)c2cccnc21.[O-][n+]1ccccc1N=Nc1ccc(N(CCO)CCO)cc1. The number of hydrogen-bond acceptors (Lipinski definition) is 24. The van der Waals surface area contributed by atoms with E-state index in [1.165, 1.54) is 44.0 Å². The van der Waals surface area contributed by atoms with Gasteiger partial charge in [-0.3, -0.25) is 14.6 Å². The number of pyridine rings is 6. The average molecular weight is 1320 g/mol. The molecule has 3 aliphatic carbocycles. The van der Waals surface area contributed by atoms with Crippen LogP contribution in [0.5, 0.6) is 0 Å². The number of carbonyl (C=O) groups excluding carboxylic acids is 2. The van der Waals surface area contributed by atoms with Crippen LogP contribution in [-0.2, 0) is 4.79 Å². The molecule has 0 saturated heterocycles. The minimum absolute atomic E-state index is 0.0129. The molecule has 0 unspecified atom stereocenters. The van der Waals surface area contributed by atoms with E-state index in [9.17, 15) is 35.6 Å². The summed E-state index contributed by atoms with van der Waals surface area (Å²) in [7, 11) is 7.74. The summed E-state index contributed by atoms with van der Waals surface area (Å²) in [4.78, 5) is 36.7. The Morgan fingerprint density at radius 2 is 1.00 bits per heavy atom. The molecule has 3 aliphatic rings. The summed E-state index contributed by atoms with van der Waals surface area (Å²) in [6.45, 7) is 2.29. The van der Waals surface area contributed by atoms with Gasteiger partial charge in [0, 0.05) is 108 Å². The van der Waals surface area contributed by atoms with E-state index in [1.807, 2.05) is 85.4 Å². The van der Waals surface area contributed by atoms with Gasteiger partial charge < -0.3 is 56.4 Å². The molecular weight excluding hydrogens is 1250 g/mol. The quantitative estimate of drug-likeness (QED) is 0.0116. The number of nitrogens with zero attached hydrogens (tertiary/aromatic N) is 20. The molecule has 8 aromatic rings. The Hall–Kier alpha value is -13.4. The van der Waals surface area contributed by atoms with Gasteiger partial charge in [0.15, 0.2) is 16.5 Å². The van der Waals surface area contributed by atoms with Gasteiger partial charge in [-0.1, -0.05) is 30.3 Å². The Bertz CT molecular complexity index is 4630. The molecule has 0 aliphatic heterocycles. The summed E-state index contributed by atoms with van der Waals surface area (Å²) in [5, 5.41) is 116. The van der Waals surface area contributed by atoms with Crippen molar-refractivity contribution < 1.29 is 44.9 Å². The zero-order valence-corrected chi connectivity index (χ0v) is 53.7. The van der Waals surface area contributed by atoms with Crippen molar-refractivity contribution in [1.29, 1.82) is 5.41 Å². The van der Waals surface area contributed by atoms with Gasteiger partial charge in [-0.15, -0.1) is 30.6 Å². The van der Waals surface area contributed by atoms with Crippen LogP contribution in [0.25, 0.3) is 0 Å². The van der Waals surface area contributed by atoms with E-state index in [4.69, 9.17) is 15.6 Å². The molecule has 0 atom stereocenters. The second-order valence-electron chi connectivity index (χ2n) is 20.6. The lowest BCUT2D eigenvalue weighted by Crippen LogP contribution is -2.29. The number of ketones is 1. The summed E-state index contributed by atoms with van der Waals surface area (Å²) in [6, 6.07) is 43.3. The molecule has 2 aromatic carbocycles. The number of azo groups is 2. The van der Waals surface area contributed by atoms with Crippen LogP contribution in [0.2, 0.25) is 0 Å². The van der Waals surface area contributed by atoms with E-state index in [1.54, 1.807) is 164 Å². The fourth-order valence-electron chi connectivity index (χ4n) is 8.08. The highest BCUT2D eigenvalue weighted by molar-refractivity contribution is 6.52. The molecule has 1 amide bonds. The van der Waals surface area contributed by atoms with Crippen molar-refractivity contribution >= 4 is 74.6 Å². The number of carbonyl (C=O) groups is 2. The predicted molar refractivity (Wildman–Crippen MR) is 368 cm³/mol. The molecule has 0 spiro atoms. The third-order valence-corrected chi connectivity index (χ3v) is 13.0. The number of aliphatic imine (C=N–C) groups is 1. The minimum atomic E-state index is -0.315. The zero-order chi connectivity index (χ0) is 70.2. The molecule has 0 radical (unpaired) electrons. The third kappa shape index (κ3) is 22.7. The normalized spacial score (nSPS) is 14.6. The molecule has 11 rings (SSSR count). The summed E-state index contributed by atoms with van der Waals surface area (Å²) in [5.41, 5.74) is 8.55. The van der Waals surface area contributed by atoms with Gasteiger partial charge in [-0.2, -0.15) is 14.2 Å². The first-order chi connectivity index (χ1) is 47.4. The highest BCUT2D eigenvalue weighted by Crippen LogP contribution is 2.23. The van der Waals surface area contributed by atoms with Crippen LogP contribution in [0.3, 0.4) is 0 Å². The molecule has 0 fully saturated rings. The first-order valence-electron chi connectivity index (χ1n) is 29.7. The number of aliphatic hydroxyl groups excluding tert-OH is 2. The second-order valence-corrected chi connectivity index (χ2v) is 20.6. The number of anilines is 2. The molecule has 6 heterocycles. The Morgan fingerprint density at radius 3 is 1.47 bits per heavy atom. The number of rotatable bonds is 14. The van der Waals surface area contributed by atoms with Crippen LogP contribution in [0, 0.1) is 15.8 Å². The van der Waals surface area contributed by atoms with Crippen LogP contribution in [0.15, 0.2) is 305 Å². The number of amides is 1.